The maximum Gasteiger partial charge on any atom is 0.192 e. The molecule has 0 fully saturated rings. The lowest BCUT2D eigenvalue weighted by atomic mass is 9.81. The number of rotatable bonds is 0. The predicted octanol–water partition coefficient (Wildman–Crippen LogP) is 0.753. The molecule has 0 saturated heterocycles. The van der Waals surface area contributed by atoms with Gasteiger partial charge in [-0.25, -0.2) is 0 Å². The summed E-state index contributed by atoms with van der Waals surface area (Å²) in [6, 6.07) is 6.67. The van der Waals surface area contributed by atoms with Crippen molar-refractivity contribution < 1.29 is 19.4 Å². The monoisotopic (exact) mass is 230 g/mol. The highest BCUT2D eigenvalue weighted by Crippen LogP contribution is 2.30. The lowest BCUT2D eigenvalue weighted by Crippen LogP contribution is -2.36. The molecule has 1 heterocycles. The molecule has 17 heavy (non-hydrogen) atoms. The van der Waals surface area contributed by atoms with Crippen LogP contribution in [0.1, 0.15) is 20.7 Å². The van der Waals surface area contributed by atoms with Gasteiger partial charge in [-0.3, -0.25) is 9.59 Å². The van der Waals surface area contributed by atoms with Gasteiger partial charge in [0.15, 0.2) is 11.6 Å². The van der Waals surface area contributed by atoms with E-state index in [4.69, 9.17) is 4.74 Å². The Labute approximate surface area is 97.5 Å². The minimum atomic E-state index is -0.997. The Hall–Kier alpha value is -1.78. The van der Waals surface area contributed by atoms with Gasteiger partial charge in [0.1, 0.15) is 6.10 Å². The van der Waals surface area contributed by atoms with E-state index in [-0.39, 0.29) is 30.4 Å². The molecule has 3 rings (SSSR count). The van der Waals surface area contributed by atoms with Crippen LogP contribution in [-0.4, -0.2) is 36.0 Å². The lowest BCUT2D eigenvalue weighted by molar-refractivity contribution is 0.0429. The Morgan fingerprint density at radius 1 is 1.12 bits per heavy atom. The van der Waals surface area contributed by atoms with E-state index in [0.29, 0.717) is 16.7 Å². The summed E-state index contributed by atoms with van der Waals surface area (Å²) in [5.41, 5.74) is 1.28. The SMILES string of the molecule is O=C1C2=C(C(=O)c3ccccc31)C(O)COC2. The van der Waals surface area contributed by atoms with Crippen molar-refractivity contribution >= 4 is 11.6 Å². The Bertz CT molecular complexity index is 556. The zero-order valence-electron chi connectivity index (χ0n) is 8.97. The molecular weight excluding hydrogens is 220 g/mol. The molecule has 4 heteroatoms. The van der Waals surface area contributed by atoms with E-state index in [1.54, 1.807) is 24.3 Å². The number of fused-ring (bicyclic) bond motifs is 1. The summed E-state index contributed by atoms with van der Waals surface area (Å²) in [5.74, 6) is -0.472. The molecule has 2 aliphatic rings. The highest BCUT2D eigenvalue weighted by Gasteiger charge is 2.37. The number of ether oxygens (including phenoxy) is 1. The third-order valence-corrected chi connectivity index (χ3v) is 3.12. The van der Waals surface area contributed by atoms with Crippen LogP contribution >= 0.6 is 0 Å². The molecule has 1 aliphatic carbocycles. The summed E-state index contributed by atoms with van der Waals surface area (Å²) in [6.07, 6.45) is -0.997. The fraction of sp³-hybridized carbons (Fsp3) is 0.231. The van der Waals surface area contributed by atoms with E-state index in [1.807, 2.05) is 0 Å². The molecule has 0 radical (unpaired) electrons. The molecule has 86 valence electrons. The first-order chi connectivity index (χ1) is 8.20. The zero-order valence-corrected chi connectivity index (χ0v) is 8.97. The van der Waals surface area contributed by atoms with Crippen molar-refractivity contribution in [2.24, 2.45) is 0 Å². The second kappa shape index (κ2) is 3.61. The first kappa shape index (κ1) is 10.4. The summed E-state index contributed by atoms with van der Waals surface area (Å²) >= 11 is 0. The van der Waals surface area contributed by atoms with Gasteiger partial charge in [0, 0.05) is 22.3 Å². The second-order valence-corrected chi connectivity index (χ2v) is 4.13. The van der Waals surface area contributed by atoms with Crippen LogP contribution in [0.5, 0.6) is 0 Å². The van der Waals surface area contributed by atoms with E-state index in [1.165, 1.54) is 0 Å². The summed E-state index contributed by atoms with van der Waals surface area (Å²) in [7, 11) is 0. The molecule has 1 atom stereocenters. The smallest absolute Gasteiger partial charge is 0.192 e. The van der Waals surface area contributed by atoms with Crippen molar-refractivity contribution in [1.82, 2.24) is 0 Å². The number of aliphatic hydroxyl groups is 1. The number of aliphatic hydroxyl groups excluding tert-OH is 1. The average molecular weight is 230 g/mol. The minimum Gasteiger partial charge on any atom is -0.386 e. The normalized spacial score (nSPS) is 23.5. The number of carbonyl (C=O) groups excluding carboxylic acids is 2. The topological polar surface area (TPSA) is 63.6 Å². The lowest BCUT2D eigenvalue weighted by Gasteiger charge is -2.27. The van der Waals surface area contributed by atoms with Gasteiger partial charge in [-0.15, -0.1) is 0 Å². The Morgan fingerprint density at radius 3 is 2.47 bits per heavy atom. The quantitative estimate of drug-likeness (QED) is 0.714. The van der Waals surface area contributed by atoms with Gasteiger partial charge in [-0.1, -0.05) is 24.3 Å². The highest BCUT2D eigenvalue weighted by molar-refractivity contribution is 6.27. The van der Waals surface area contributed by atoms with Gasteiger partial charge >= 0.3 is 0 Å². The van der Waals surface area contributed by atoms with Crippen molar-refractivity contribution in [3.8, 4) is 0 Å². The average Bonchev–Trinajstić information content (AvgIpc) is 2.36. The maximum atomic E-state index is 12.2. The van der Waals surface area contributed by atoms with Crippen LogP contribution in [0.3, 0.4) is 0 Å². The van der Waals surface area contributed by atoms with Gasteiger partial charge in [-0.2, -0.15) is 0 Å². The number of carbonyl (C=O) groups is 2. The van der Waals surface area contributed by atoms with Gasteiger partial charge in [0.05, 0.1) is 13.2 Å². The largest absolute Gasteiger partial charge is 0.386 e. The first-order valence-electron chi connectivity index (χ1n) is 5.37. The highest BCUT2D eigenvalue weighted by atomic mass is 16.5. The van der Waals surface area contributed by atoms with Gasteiger partial charge in [0.2, 0.25) is 0 Å². The predicted molar refractivity (Wildman–Crippen MR) is 59.0 cm³/mol. The van der Waals surface area contributed by atoms with Crippen LogP contribution in [0.15, 0.2) is 35.4 Å². The van der Waals surface area contributed by atoms with E-state index in [0.717, 1.165) is 0 Å². The van der Waals surface area contributed by atoms with Crippen LogP contribution in [0.25, 0.3) is 0 Å². The molecule has 4 nitrogen and oxygen atoms in total. The Morgan fingerprint density at radius 2 is 1.76 bits per heavy atom. The van der Waals surface area contributed by atoms with E-state index >= 15 is 0 Å². The van der Waals surface area contributed by atoms with Crippen LogP contribution < -0.4 is 0 Å². The van der Waals surface area contributed by atoms with Crippen molar-refractivity contribution in [3.05, 3.63) is 46.5 Å². The van der Waals surface area contributed by atoms with Crippen molar-refractivity contribution in [3.63, 3.8) is 0 Å². The second-order valence-electron chi connectivity index (χ2n) is 4.13. The summed E-state index contributed by atoms with van der Waals surface area (Å²) < 4.78 is 5.10. The molecule has 1 unspecified atom stereocenters. The Balaban J connectivity index is 2.23. The molecule has 0 bridgehead atoms. The number of hydrogen-bond acceptors (Lipinski definition) is 4. The molecular formula is C13H10O4. The third kappa shape index (κ3) is 1.38. The molecule has 1 N–H and O–H groups in total. The first-order valence-corrected chi connectivity index (χ1v) is 5.37. The molecule has 1 aliphatic heterocycles. The zero-order chi connectivity index (χ0) is 12.0. The van der Waals surface area contributed by atoms with E-state index in [9.17, 15) is 14.7 Å². The standard InChI is InChI=1S/C13H10O4/c14-10-6-17-5-9-11(10)13(16)8-4-2-1-3-7(8)12(9)15/h1-4,10,14H,5-6H2. The molecule has 1 aromatic rings. The van der Waals surface area contributed by atoms with Crippen LogP contribution in [0.4, 0.5) is 0 Å². The molecule has 0 amide bonds. The summed E-state index contributed by atoms with van der Waals surface area (Å²) in [6.45, 7) is 0.172. The van der Waals surface area contributed by atoms with E-state index < -0.39 is 6.10 Å². The molecule has 1 aromatic carbocycles. The molecule has 0 saturated carbocycles. The third-order valence-electron chi connectivity index (χ3n) is 3.12. The van der Waals surface area contributed by atoms with Gasteiger partial charge in [0.25, 0.3) is 0 Å². The summed E-state index contributed by atoms with van der Waals surface area (Å²) in [4.78, 5) is 24.3. The van der Waals surface area contributed by atoms with Gasteiger partial charge < -0.3 is 9.84 Å². The fourth-order valence-electron chi connectivity index (χ4n) is 2.30. The van der Waals surface area contributed by atoms with E-state index in [2.05, 4.69) is 0 Å². The van der Waals surface area contributed by atoms with Crippen molar-refractivity contribution in [2.45, 2.75) is 6.10 Å². The number of hydrogen-bond donors (Lipinski definition) is 1. The Kier molecular flexibility index (Phi) is 2.21. The maximum absolute atomic E-state index is 12.2. The molecule has 0 aromatic heterocycles. The van der Waals surface area contributed by atoms with Crippen molar-refractivity contribution in [2.75, 3.05) is 13.2 Å². The minimum absolute atomic E-state index is 0.0695. The fourth-order valence-corrected chi connectivity index (χ4v) is 2.30. The number of Topliss-reactive ketones (excluding diaryl/α,β-unsaturated/α-hetero) is 2. The summed E-state index contributed by atoms with van der Waals surface area (Å²) in [5, 5.41) is 9.76. The van der Waals surface area contributed by atoms with Crippen LogP contribution in [-0.2, 0) is 4.74 Å². The number of ketones is 2. The van der Waals surface area contributed by atoms with Crippen LogP contribution in [0.2, 0.25) is 0 Å². The van der Waals surface area contributed by atoms with Gasteiger partial charge in [-0.05, 0) is 0 Å². The van der Waals surface area contributed by atoms with Crippen molar-refractivity contribution in [1.29, 1.82) is 0 Å². The molecule has 0 spiro atoms. The number of benzene rings is 1. The van der Waals surface area contributed by atoms with Crippen LogP contribution in [0, 0.1) is 0 Å².